The fourth-order valence-corrected chi connectivity index (χ4v) is 5.15. The predicted molar refractivity (Wildman–Crippen MR) is 163 cm³/mol. The Labute approximate surface area is 235 Å². The molecule has 0 atom stereocenters. The molecule has 0 radical (unpaired) electrons. The Kier molecular flexibility index (Phi) is 8.67. The lowest BCUT2D eigenvalue weighted by Gasteiger charge is -2.26. The summed E-state index contributed by atoms with van der Waals surface area (Å²) >= 11 is 0. The quantitative estimate of drug-likeness (QED) is 0.207. The third kappa shape index (κ3) is 6.82. The van der Waals surface area contributed by atoms with Gasteiger partial charge in [0.05, 0.1) is 11.2 Å². The number of piperidine rings is 1. The van der Waals surface area contributed by atoms with Crippen LogP contribution in [0.5, 0.6) is 0 Å². The van der Waals surface area contributed by atoms with Crippen molar-refractivity contribution in [1.29, 1.82) is 0 Å². The number of H-pyrrole nitrogens is 1. The molecule has 5 nitrogen and oxygen atoms in total. The molecule has 0 amide bonds. The van der Waals surface area contributed by atoms with Crippen LogP contribution in [0, 0.1) is 5.82 Å². The van der Waals surface area contributed by atoms with E-state index in [1.807, 2.05) is 43.6 Å². The van der Waals surface area contributed by atoms with E-state index in [-0.39, 0.29) is 5.82 Å². The van der Waals surface area contributed by atoms with E-state index in [1.165, 1.54) is 37.0 Å². The standard InChI is InChI=1S/C34H36FN5/c1-4-31(13-11-24(2)17-26-9-8-10-30(35)19-26)37-25(3)34-32-20-28(12-14-33(32)38-39-34)29-18-27(21-36-22-29)23-40-15-6-5-7-16-40/h4,8-14,18-22,37H,2-3,5-7,15-17,23H2,1H3,(H,38,39)/b13-11-,31-4+. The molecule has 0 aliphatic carbocycles. The largest absolute Gasteiger partial charge is 0.354 e. The smallest absolute Gasteiger partial charge is 0.123 e. The first-order valence-electron chi connectivity index (χ1n) is 13.9. The van der Waals surface area contributed by atoms with Crippen LogP contribution in [0.2, 0.25) is 0 Å². The Hall–Kier alpha value is -4.29. The van der Waals surface area contributed by atoms with Gasteiger partial charge in [-0.05, 0) is 92.4 Å². The van der Waals surface area contributed by atoms with Gasteiger partial charge in [-0.2, -0.15) is 5.10 Å². The number of allylic oxidation sites excluding steroid dienone is 4. The fourth-order valence-electron chi connectivity index (χ4n) is 5.15. The third-order valence-electron chi connectivity index (χ3n) is 7.26. The Morgan fingerprint density at radius 1 is 1.00 bits per heavy atom. The molecule has 2 aromatic heterocycles. The van der Waals surface area contributed by atoms with E-state index in [4.69, 9.17) is 0 Å². The number of benzene rings is 2. The lowest BCUT2D eigenvalue weighted by Crippen LogP contribution is -2.29. The van der Waals surface area contributed by atoms with Crippen molar-refractivity contribution in [2.45, 2.75) is 39.2 Å². The number of aromatic amines is 1. The second kappa shape index (κ2) is 12.7. The van der Waals surface area contributed by atoms with Crippen LogP contribution in [-0.2, 0) is 13.0 Å². The van der Waals surface area contributed by atoms with E-state index in [0.29, 0.717) is 12.1 Å². The van der Waals surface area contributed by atoms with E-state index < -0.39 is 0 Å². The van der Waals surface area contributed by atoms with Crippen LogP contribution in [-0.4, -0.2) is 33.2 Å². The molecule has 0 unspecified atom stereocenters. The summed E-state index contributed by atoms with van der Waals surface area (Å²) in [4.78, 5) is 7.06. The van der Waals surface area contributed by atoms with Gasteiger partial charge >= 0.3 is 0 Å². The number of fused-ring (bicyclic) bond motifs is 1. The van der Waals surface area contributed by atoms with Crippen molar-refractivity contribution in [2.75, 3.05) is 13.1 Å². The van der Waals surface area contributed by atoms with Crippen molar-refractivity contribution in [3.63, 3.8) is 0 Å². The molecule has 204 valence electrons. The van der Waals surface area contributed by atoms with Crippen molar-refractivity contribution in [1.82, 2.24) is 25.4 Å². The van der Waals surface area contributed by atoms with Gasteiger partial charge in [-0.15, -0.1) is 0 Å². The molecule has 0 bridgehead atoms. The monoisotopic (exact) mass is 533 g/mol. The first kappa shape index (κ1) is 27.3. The van der Waals surface area contributed by atoms with Gasteiger partial charge in [0, 0.05) is 35.6 Å². The van der Waals surface area contributed by atoms with Crippen molar-refractivity contribution < 1.29 is 4.39 Å². The molecule has 40 heavy (non-hydrogen) atoms. The second-order valence-corrected chi connectivity index (χ2v) is 10.4. The number of pyridine rings is 1. The highest BCUT2D eigenvalue weighted by Crippen LogP contribution is 2.28. The number of hydrogen-bond acceptors (Lipinski definition) is 4. The summed E-state index contributed by atoms with van der Waals surface area (Å²) in [7, 11) is 0. The van der Waals surface area contributed by atoms with Gasteiger partial charge in [-0.1, -0.05) is 55.5 Å². The van der Waals surface area contributed by atoms with Gasteiger partial charge in [-0.3, -0.25) is 15.0 Å². The molecule has 1 fully saturated rings. The minimum atomic E-state index is -0.239. The fraction of sp³-hybridized carbons (Fsp3) is 0.235. The van der Waals surface area contributed by atoms with Crippen molar-refractivity contribution in [3.8, 4) is 11.1 Å². The maximum Gasteiger partial charge on any atom is 0.123 e. The summed E-state index contributed by atoms with van der Waals surface area (Å²) in [6, 6.07) is 15.1. The molecule has 0 saturated carbocycles. The molecule has 5 rings (SSSR count). The lowest BCUT2D eigenvalue weighted by atomic mass is 10.0. The van der Waals surface area contributed by atoms with Crippen LogP contribution in [0.3, 0.4) is 0 Å². The highest BCUT2D eigenvalue weighted by molar-refractivity contribution is 5.92. The highest BCUT2D eigenvalue weighted by Gasteiger charge is 2.13. The summed E-state index contributed by atoms with van der Waals surface area (Å²) in [6.07, 6.45) is 14.2. The van der Waals surface area contributed by atoms with Crippen LogP contribution >= 0.6 is 0 Å². The minimum absolute atomic E-state index is 0.239. The van der Waals surface area contributed by atoms with Gasteiger partial charge in [0.15, 0.2) is 0 Å². The second-order valence-electron chi connectivity index (χ2n) is 10.4. The van der Waals surface area contributed by atoms with Gasteiger partial charge in [0.25, 0.3) is 0 Å². The summed E-state index contributed by atoms with van der Waals surface area (Å²) < 4.78 is 13.5. The van der Waals surface area contributed by atoms with Gasteiger partial charge in [-0.25, -0.2) is 4.39 Å². The molecule has 2 aromatic carbocycles. The molecular formula is C34H36FN5. The van der Waals surface area contributed by atoms with Crippen LogP contribution in [0.1, 0.15) is 43.0 Å². The number of halogens is 1. The lowest BCUT2D eigenvalue weighted by molar-refractivity contribution is 0.220. The Bertz CT molecular complexity index is 1570. The topological polar surface area (TPSA) is 56.8 Å². The van der Waals surface area contributed by atoms with E-state index >= 15 is 0 Å². The molecule has 4 aromatic rings. The van der Waals surface area contributed by atoms with Crippen molar-refractivity contribution in [2.24, 2.45) is 0 Å². The Morgan fingerprint density at radius 2 is 1.85 bits per heavy atom. The first-order chi connectivity index (χ1) is 19.5. The van der Waals surface area contributed by atoms with E-state index in [0.717, 1.165) is 64.2 Å². The first-order valence-corrected chi connectivity index (χ1v) is 13.9. The van der Waals surface area contributed by atoms with Gasteiger partial charge in [0.2, 0.25) is 0 Å². The average Bonchev–Trinajstić information content (AvgIpc) is 3.39. The summed E-state index contributed by atoms with van der Waals surface area (Å²) in [5.74, 6) is -0.239. The molecule has 1 aliphatic rings. The van der Waals surface area contributed by atoms with Gasteiger partial charge in [0.1, 0.15) is 11.5 Å². The predicted octanol–water partition coefficient (Wildman–Crippen LogP) is 7.57. The third-order valence-corrected chi connectivity index (χ3v) is 7.26. The zero-order chi connectivity index (χ0) is 27.9. The summed E-state index contributed by atoms with van der Waals surface area (Å²) in [5.41, 5.74) is 8.46. The number of rotatable bonds is 10. The normalized spacial score (nSPS) is 14.6. The number of nitrogens with one attached hydrogen (secondary N) is 2. The van der Waals surface area contributed by atoms with Crippen LogP contribution < -0.4 is 5.32 Å². The maximum atomic E-state index is 13.5. The van der Waals surface area contributed by atoms with Crippen LogP contribution in [0.4, 0.5) is 4.39 Å². The van der Waals surface area contributed by atoms with E-state index in [2.05, 4.69) is 62.8 Å². The number of likely N-dealkylation sites (tertiary alicyclic amines) is 1. The Balaban J connectivity index is 1.29. The highest BCUT2D eigenvalue weighted by atomic mass is 19.1. The zero-order valence-electron chi connectivity index (χ0n) is 23.1. The van der Waals surface area contributed by atoms with Gasteiger partial charge < -0.3 is 5.32 Å². The number of hydrogen-bond donors (Lipinski definition) is 2. The molecule has 2 N–H and O–H groups in total. The maximum absolute atomic E-state index is 13.5. The molecule has 1 aliphatic heterocycles. The Morgan fingerprint density at radius 3 is 2.65 bits per heavy atom. The van der Waals surface area contributed by atoms with Crippen molar-refractivity contribution in [3.05, 3.63) is 126 Å². The minimum Gasteiger partial charge on any atom is -0.354 e. The molecular weight excluding hydrogens is 497 g/mol. The van der Waals surface area contributed by atoms with E-state index in [1.54, 1.807) is 6.07 Å². The molecule has 3 heterocycles. The van der Waals surface area contributed by atoms with Crippen molar-refractivity contribution >= 4 is 16.6 Å². The van der Waals surface area contributed by atoms with E-state index in [9.17, 15) is 4.39 Å². The molecule has 0 spiro atoms. The summed E-state index contributed by atoms with van der Waals surface area (Å²) in [6.45, 7) is 13.6. The average molecular weight is 534 g/mol. The SMILES string of the molecule is C=C(/C=C\C(=C/C)NC(=C)c1n[nH]c2ccc(-c3cncc(CN4CCCCC4)c3)cc12)Cc1cccc(F)c1. The number of aromatic nitrogens is 3. The molecule has 1 saturated heterocycles. The zero-order valence-corrected chi connectivity index (χ0v) is 23.1. The molecule has 6 heteroatoms. The van der Waals surface area contributed by atoms with Crippen LogP contribution in [0.25, 0.3) is 27.7 Å². The number of nitrogens with zero attached hydrogens (tertiary/aromatic N) is 3. The van der Waals surface area contributed by atoms with Crippen LogP contribution in [0.15, 0.2) is 104 Å². The summed E-state index contributed by atoms with van der Waals surface area (Å²) in [5, 5.41) is 12.1.